The number of rotatable bonds is 3. The number of nitrogens with two attached hydrogens (primary N) is 1. The highest BCUT2D eigenvalue weighted by Gasteiger charge is 2.32. The van der Waals surface area contributed by atoms with Crippen molar-refractivity contribution in [1.82, 2.24) is 15.2 Å². The molecule has 0 aliphatic carbocycles. The predicted molar refractivity (Wildman–Crippen MR) is 107 cm³/mol. The number of aryl methyl sites for hydroxylation is 1. The highest BCUT2D eigenvalue weighted by atomic mass is 19.1. The Balaban J connectivity index is 1.68. The molecule has 2 heterocycles. The third kappa shape index (κ3) is 3.33. The van der Waals surface area contributed by atoms with E-state index in [0.29, 0.717) is 21.9 Å². The fourth-order valence-electron chi connectivity index (χ4n) is 3.61. The molecular weight excluding hydrogens is 375 g/mol. The van der Waals surface area contributed by atoms with Gasteiger partial charge in [-0.3, -0.25) is 4.79 Å². The van der Waals surface area contributed by atoms with Crippen molar-refractivity contribution in [2.45, 2.75) is 13.0 Å². The number of anilines is 1. The van der Waals surface area contributed by atoms with Crippen LogP contribution in [-0.4, -0.2) is 46.1 Å². The highest BCUT2D eigenvalue weighted by Crippen LogP contribution is 2.31. The van der Waals surface area contributed by atoms with E-state index in [2.05, 4.69) is 10.3 Å². The lowest BCUT2D eigenvalue weighted by molar-refractivity contribution is 0.0769. The van der Waals surface area contributed by atoms with Gasteiger partial charge < -0.3 is 21.1 Å². The van der Waals surface area contributed by atoms with Crippen LogP contribution in [0.15, 0.2) is 42.6 Å². The molecule has 29 heavy (non-hydrogen) atoms. The minimum Gasteiger partial charge on any atom is -0.465 e. The Labute approximate surface area is 166 Å². The topological polar surface area (TPSA) is 109 Å². The van der Waals surface area contributed by atoms with Crippen molar-refractivity contribution in [3.8, 4) is 11.1 Å². The molecule has 0 atom stereocenters. The quantitative estimate of drug-likeness (QED) is 0.633. The van der Waals surface area contributed by atoms with Gasteiger partial charge in [-0.25, -0.2) is 14.2 Å². The predicted octanol–water partition coefficient (Wildman–Crippen LogP) is 3.02. The second-order valence-electron chi connectivity index (χ2n) is 7.11. The summed E-state index contributed by atoms with van der Waals surface area (Å²) in [6, 6.07) is 9.89. The first kappa shape index (κ1) is 18.7. The summed E-state index contributed by atoms with van der Waals surface area (Å²) in [6.07, 6.45) is 0.536. The van der Waals surface area contributed by atoms with Gasteiger partial charge in [0.1, 0.15) is 11.6 Å². The fourth-order valence-corrected chi connectivity index (χ4v) is 3.61. The van der Waals surface area contributed by atoms with Crippen LogP contribution in [0, 0.1) is 12.7 Å². The Hall–Kier alpha value is -3.68. The van der Waals surface area contributed by atoms with E-state index >= 15 is 0 Å². The van der Waals surface area contributed by atoms with E-state index in [4.69, 9.17) is 10.8 Å². The van der Waals surface area contributed by atoms with E-state index < -0.39 is 12.0 Å². The Morgan fingerprint density at radius 1 is 1.28 bits per heavy atom. The third-order valence-electron chi connectivity index (χ3n) is 5.14. The maximum absolute atomic E-state index is 14.3. The normalized spacial score (nSPS) is 13.9. The first-order chi connectivity index (χ1) is 13.8. The zero-order valence-corrected chi connectivity index (χ0v) is 15.6. The molecule has 1 fully saturated rings. The number of hydrogen-bond donors (Lipinski definition) is 3. The molecule has 7 nitrogen and oxygen atoms in total. The van der Waals surface area contributed by atoms with E-state index in [1.165, 1.54) is 11.0 Å². The van der Waals surface area contributed by atoms with Crippen LogP contribution in [0.2, 0.25) is 0 Å². The van der Waals surface area contributed by atoms with Crippen LogP contribution in [0.5, 0.6) is 0 Å². The lowest BCUT2D eigenvalue weighted by atomic mass is 9.96. The average Bonchev–Trinajstić information content (AvgIpc) is 2.63. The smallest absolute Gasteiger partial charge is 0.407 e. The van der Waals surface area contributed by atoms with E-state index in [0.717, 1.165) is 5.56 Å². The number of nitrogens with one attached hydrogen (secondary N) is 1. The maximum Gasteiger partial charge on any atom is 0.407 e. The summed E-state index contributed by atoms with van der Waals surface area (Å²) in [5, 5.41) is 13.0. The molecule has 0 saturated carbocycles. The van der Waals surface area contributed by atoms with Gasteiger partial charge >= 0.3 is 6.09 Å². The van der Waals surface area contributed by atoms with Crippen LogP contribution in [0.1, 0.15) is 15.9 Å². The van der Waals surface area contributed by atoms with Gasteiger partial charge in [-0.2, -0.15) is 0 Å². The number of halogens is 1. The Kier molecular flexibility index (Phi) is 4.54. The van der Waals surface area contributed by atoms with Crippen LogP contribution < -0.4 is 11.1 Å². The van der Waals surface area contributed by atoms with Crippen molar-refractivity contribution in [3.63, 3.8) is 0 Å². The lowest BCUT2D eigenvalue weighted by Crippen LogP contribution is -2.60. The first-order valence-corrected chi connectivity index (χ1v) is 9.07. The molecule has 1 saturated heterocycles. The van der Waals surface area contributed by atoms with Crippen molar-refractivity contribution in [2.24, 2.45) is 0 Å². The van der Waals surface area contributed by atoms with Crippen molar-refractivity contribution in [3.05, 3.63) is 59.5 Å². The largest absolute Gasteiger partial charge is 0.465 e. The van der Waals surface area contributed by atoms with Gasteiger partial charge in [0.15, 0.2) is 0 Å². The summed E-state index contributed by atoms with van der Waals surface area (Å²) >= 11 is 0. The molecule has 0 unspecified atom stereocenters. The third-order valence-corrected chi connectivity index (χ3v) is 5.14. The Bertz CT molecular complexity index is 1120. The molecule has 1 aromatic heterocycles. The second kappa shape index (κ2) is 7.05. The van der Waals surface area contributed by atoms with Crippen molar-refractivity contribution >= 4 is 28.6 Å². The summed E-state index contributed by atoms with van der Waals surface area (Å²) in [5.74, 6) is -0.650. The van der Waals surface area contributed by atoms with Crippen LogP contribution in [-0.2, 0) is 0 Å². The summed E-state index contributed by atoms with van der Waals surface area (Å²) in [5.41, 5.74) is 8.18. The lowest BCUT2D eigenvalue weighted by Gasteiger charge is -2.37. The number of likely N-dealkylation sites (tertiary alicyclic amines) is 1. The zero-order valence-electron chi connectivity index (χ0n) is 15.6. The molecular formula is C21H19FN4O3. The molecule has 4 N–H and O–H groups in total. The van der Waals surface area contributed by atoms with Gasteiger partial charge in [0, 0.05) is 30.2 Å². The molecule has 2 amide bonds. The van der Waals surface area contributed by atoms with Crippen molar-refractivity contribution in [2.75, 3.05) is 18.8 Å². The van der Waals surface area contributed by atoms with Gasteiger partial charge in [-0.15, -0.1) is 0 Å². The molecule has 1 aliphatic heterocycles. The monoisotopic (exact) mass is 394 g/mol. The van der Waals surface area contributed by atoms with Crippen LogP contribution >= 0.6 is 0 Å². The van der Waals surface area contributed by atoms with Crippen LogP contribution in [0.25, 0.3) is 21.9 Å². The summed E-state index contributed by atoms with van der Waals surface area (Å²) in [6.45, 7) is 2.30. The summed E-state index contributed by atoms with van der Waals surface area (Å²) in [7, 11) is 0. The van der Waals surface area contributed by atoms with Gasteiger partial charge in [0.2, 0.25) is 0 Å². The Morgan fingerprint density at radius 3 is 2.72 bits per heavy atom. The second-order valence-corrected chi connectivity index (χ2v) is 7.11. The van der Waals surface area contributed by atoms with Gasteiger partial charge in [-0.05, 0) is 35.6 Å². The number of carbonyl (C=O) groups excluding carboxylic acids is 1. The van der Waals surface area contributed by atoms with Crippen molar-refractivity contribution < 1.29 is 19.1 Å². The van der Waals surface area contributed by atoms with E-state index in [1.54, 1.807) is 30.5 Å². The van der Waals surface area contributed by atoms with E-state index in [9.17, 15) is 14.0 Å². The molecule has 1 aliphatic rings. The highest BCUT2D eigenvalue weighted by molar-refractivity contribution is 6.11. The molecule has 4 rings (SSSR count). The first-order valence-electron chi connectivity index (χ1n) is 9.07. The molecule has 0 spiro atoms. The number of benzene rings is 2. The number of nitrogen functional groups attached to an aromatic ring is 1. The molecule has 2 aromatic carbocycles. The molecule has 0 radical (unpaired) electrons. The summed E-state index contributed by atoms with van der Waals surface area (Å²) < 4.78 is 14.3. The number of hydrogen-bond acceptors (Lipinski definition) is 4. The van der Waals surface area contributed by atoms with Crippen LogP contribution in [0.3, 0.4) is 0 Å². The minimum absolute atomic E-state index is 0.0826. The number of carbonyl (C=O) groups is 2. The number of nitrogens with zero attached hydrogens (tertiary/aromatic N) is 2. The number of fused-ring (bicyclic) bond motifs is 1. The standard InChI is InChI=1S/C21H19FN4O3/c1-11-3-2-4-16(22)17(11)12-5-6-15-13(7-12)8-24-19(23)18(15)20(27)25-14-9-26(10-14)21(28)29/h2-8,14H,9-10H2,1H3,(H2,23,24)(H,25,27)(H,28,29). The number of carboxylic acid groups (broad SMARTS) is 1. The molecule has 3 aromatic rings. The van der Waals surface area contributed by atoms with Crippen molar-refractivity contribution in [1.29, 1.82) is 0 Å². The van der Waals surface area contributed by atoms with Gasteiger partial charge in [-0.1, -0.05) is 24.3 Å². The average molecular weight is 394 g/mol. The SMILES string of the molecule is Cc1cccc(F)c1-c1ccc2c(C(=O)NC3CN(C(=O)O)C3)c(N)ncc2c1. The molecule has 148 valence electrons. The minimum atomic E-state index is -1.02. The van der Waals surface area contributed by atoms with E-state index in [1.807, 2.05) is 13.0 Å². The Morgan fingerprint density at radius 2 is 2.03 bits per heavy atom. The number of pyridine rings is 1. The number of aromatic nitrogens is 1. The van der Waals surface area contributed by atoms with Crippen LogP contribution in [0.4, 0.5) is 15.0 Å². The fraction of sp³-hybridized carbons (Fsp3) is 0.190. The molecule has 0 bridgehead atoms. The zero-order chi connectivity index (χ0) is 20.7. The van der Waals surface area contributed by atoms with Gasteiger partial charge in [0.25, 0.3) is 5.91 Å². The van der Waals surface area contributed by atoms with E-state index in [-0.39, 0.29) is 36.3 Å². The van der Waals surface area contributed by atoms with Gasteiger partial charge in [0.05, 0.1) is 11.6 Å². The molecule has 8 heteroatoms. The number of amides is 2. The maximum atomic E-state index is 14.3. The summed E-state index contributed by atoms with van der Waals surface area (Å²) in [4.78, 5) is 29.0.